The molecule has 0 aromatic carbocycles. The van der Waals surface area contributed by atoms with Crippen LogP contribution in [0.2, 0.25) is 0 Å². The van der Waals surface area contributed by atoms with E-state index in [0.29, 0.717) is 17.8 Å². The number of ether oxygens (including phenoxy) is 1. The monoisotopic (exact) mass is 432 g/mol. The molecule has 4 aliphatic carbocycles. The minimum atomic E-state index is -1.10. The molecule has 5 nitrogen and oxygen atoms in total. The highest BCUT2D eigenvalue weighted by Gasteiger charge is 2.71. The Hall–Kier alpha value is -1.53. The van der Waals surface area contributed by atoms with Crippen LogP contribution < -0.4 is 0 Å². The summed E-state index contributed by atoms with van der Waals surface area (Å²) in [5, 5.41) is 9.52. The van der Waals surface area contributed by atoms with Crippen LogP contribution in [-0.2, 0) is 19.2 Å². The SMILES string of the molecule is CCC(=O)O[C@]1(C(=S)OO)[C@@H](C)C[C@H]2[C@@H]3CCC4=CC(=O)C=C[C@]4(C)[C@H]3CC[C@@]21C. The van der Waals surface area contributed by atoms with Crippen molar-refractivity contribution >= 4 is 29.0 Å². The lowest BCUT2D eigenvalue weighted by Crippen LogP contribution is -2.60. The number of carbonyl (C=O) groups is 2. The maximum atomic E-state index is 12.4. The van der Waals surface area contributed by atoms with Crippen LogP contribution in [0.25, 0.3) is 0 Å². The average Bonchev–Trinajstić information content (AvgIpc) is 2.95. The summed E-state index contributed by atoms with van der Waals surface area (Å²) in [7, 11) is 0. The third-order valence-electron chi connectivity index (χ3n) is 9.05. The first kappa shape index (κ1) is 21.7. The van der Waals surface area contributed by atoms with Crippen molar-refractivity contribution in [3.63, 3.8) is 0 Å². The van der Waals surface area contributed by atoms with Crippen LogP contribution in [0.5, 0.6) is 0 Å². The van der Waals surface area contributed by atoms with E-state index in [4.69, 9.17) is 17.0 Å². The van der Waals surface area contributed by atoms with Gasteiger partial charge in [0.1, 0.15) is 0 Å². The molecule has 3 fully saturated rings. The molecule has 0 aromatic heterocycles. The topological polar surface area (TPSA) is 72.8 Å². The Bertz CT molecular complexity index is 847. The molecule has 0 heterocycles. The van der Waals surface area contributed by atoms with Gasteiger partial charge in [0.05, 0.1) is 0 Å². The van der Waals surface area contributed by atoms with Crippen LogP contribution in [0.3, 0.4) is 0 Å². The van der Waals surface area contributed by atoms with Crippen LogP contribution in [0.1, 0.15) is 66.2 Å². The van der Waals surface area contributed by atoms with Gasteiger partial charge in [0.25, 0.3) is 0 Å². The molecule has 0 radical (unpaired) electrons. The molecule has 3 saturated carbocycles. The van der Waals surface area contributed by atoms with Crippen LogP contribution >= 0.6 is 12.2 Å². The number of hydrogen-bond donors (Lipinski definition) is 1. The Morgan fingerprint density at radius 1 is 1.30 bits per heavy atom. The number of rotatable bonds is 3. The van der Waals surface area contributed by atoms with E-state index in [0.717, 1.165) is 32.1 Å². The zero-order valence-electron chi connectivity index (χ0n) is 18.3. The molecular formula is C24H32O5S. The van der Waals surface area contributed by atoms with Crippen molar-refractivity contribution in [1.82, 2.24) is 0 Å². The Morgan fingerprint density at radius 2 is 2.03 bits per heavy atom. The van der Waals surface area contributed by atoms with Crippen LogP contribution in [-0.4, -0.2) is 27.7 Å². The zero-order valence-corrected chi connectivity index (χ0v) is 19.1. The molecule has 4 rings (SSSR count). The fourth-order valence-corrected chi connectivity index (χ4v) is 8.01. The van der Waals surface area contributed by atoms with Gasteiger partial charge >= 0.3 is 5.97 Å². The highest BCUT2D eigenvalue weighted by molar-refractivity contribution is 7.80. The van der Waals surface area contributed by atoms with Crippen molar-refractivity contribution in [1.29, 1.82) is 0 Å². The Labute approximate surface area is 183 Å². The van der Waals surface area contributed by atoms with E-state index in [9.17, 15) is 14.8 Å². The van der Waals surface area contributed by atoms with Crippen molar-refractivity contribution in [2.24, 2.45) is 34.5 Å². The number of ketones is 1. The largest absolute Gasteiger partial charge is 0.449 e. The lowest BCUT2D eigenvalue weighted by molar-refractivity contribution is -0.201. The first-order valence-corrected chi connectivity index (χ1v) is 11.6. The minimum absolute atomic E-state index is 0.0222. The predicted molar refractivity (Wildman–Crippen MR) is 117 cm³/mol. The summed E-state index contributed by atoms with van der Waals surface area (Å²) in [5.74, 6) is 0.901. The summed E-state index contributed by atoms with van der Waals surface area (Å²) >= 11 is 5.48. The van der Waals surface area contributed by atoms with E-state index < -0.39 is 11.0 Å². The van der Waals surface area contributed by atoms with Gasteiger partial charge in [-0.25, -0.2) is 5.26 Å². The number of allylic oxidation sites excluding steroid dienone is 4. The summed E-state index contributed by atoms with van der Waals surface area (Å²) in [4.78, 5) is 29.0. The summed E-state index contributed by atoms with van der Waals surface area (Å²) in [5.41, 5.74) is -0.344. The molecular weight excluding hydrogens is 400 g/mol. The summed E-state index contributed by atoms with van der Waals surface area (Å²) in [6, 6.07) is 0. The number of carbonyl (C=O) groups excluding carboxylic acids is 2. The van der Waals surface area contributed by atoms with Gasteiger partial charge in [-0.3, -0.25) is 9.59 Å². The van der Waals surface area contributed by atoms with Crippen molar-refractivity contribution < 1.29 is 24.5 Å². The van der Waals surface area contributed by atoms with Gasteiger partial charge in [-0.2, -0.15) is 0 Å². The van der Waals surface area contributed by atoms with E-state index in [1.54, 1.807) is 13.0 Å². The van der Waals surface area contributed by atoms with E-state index in [1.165, 1.54) is 5.57 Å². The zero-order chi connectivity index (χ0) is 21.9. The van der Waals surface area contributed by atoms with E-state index in [2.05, 4.69) is 31.7 Å². The second kappa shape index (κ2) is 7.27. The first-order valence-electron chi connectivity index (χ1n) is 11.2. The van der Waals surface area contributed by atoms with Gasteiger partial charge in [-0.15, -0.1) is 0 Å². The van der Waals surface area contributed by atoms with Gasteiger partial charge in [0.15, 0.2) is 11.4 Å². The molecule has 4 aliphatic rings. The number of esters is 1. The number of thiocarbonyl (C=S) groups is 1. The van der Waals surface area contributed by atoms with Gasteiger partial charge in [0.2, 0.25) is 5.05 Å². The third kappa shape index (κ3) is 2.72. The number of fused-ring (bicyclic) bond motifs is 5. The van der Waals surface area contributed by atoms with Crippen molar-refractivity contribution in [3.05, 3.63) is 23.8 Å². The Balaban J connectivity index is 1.75. The number of hydrogen-bond acceptors (Lipinski definition) is 6. The second-order valence-electron chi connectivity index (χ2n) is 10.1. The van der Waals surface area contributed by atoms with Gasteiger partial charge in [-0.05, 0) is 74.2 Å². The molecule has 0 bridgehead atoms. The lowest BCUT2D eigenvalue weighted by atomic mass is 9.47. The molecule has 164 valence electrons. The van der Waals surface area contributed by atoms with E-state index >= 15 is 0 Å². The van der Waals surface area contributed by atoms with Crippen LogP contribution in [0.15, 0.2) is 23.8 Å². The molecule has 0 aromatic rings. The molecule has 0 spiro atoms. The smallest absolute Gasteiger partial charge is 0.306 e. The lowest BCUT2D eigenvalue weighted by Gasteiger charge is -2.58. The fraction of sp³-hybridized carbons (Fsp3) is 0.708. The summed E-state index contributed by atoms with van der Waals surface area (Å²) in [6.07, 6.45) is 10.5. The molecule has 1 N–H and O–H groups in total. The predicted octanol–water partition coefficient (Wildman–Crippen LogP) is 5.05. The molecule has 30 heavy (non-hydrogen) atoms. The quantitative estimate of drug-likeness (QED) is 0.291. The molecule has 0 saturated heterocycles. The Kier molecular flexibility index (Phi) is 5.25. The molecule has 6 heteroatoms. The normalized spacial score (nSPS) is 44.4. The molecule has 0 amide bonds. The van der Waals surface area contributed by atoms with E-state index in [1.807, 2.05) is 6.08 Å². The molecule has 0 aliphatic heterocycles. The third-order valence-corrected chi connectivity index (χ3v) is 9.42. The fourth-order valence-electron chi connectivity index (χ4n) is 7.54. The minimum Gasteiger partial charge on any atom is -0.449 e. The van der Waals surface area contributed by atoms with Gasteiger partial charge in [-0.1, -0.05) is 39.3 Å². The first-order chi connectivity index (χ1) is 14.1. The summed E-state index contributed by atoms with van der Waals surface area (Å²) < 4.78 is 6.08. The standard InChI is InChI=1S/C24H32O5S/c1-5-20(26)28-24(21(30)29-27)14(2)12-19-17-7-6-15-13-16(25)8-10-22(15,3)18(17)9-11-23(19,24)4/h8,10,13-14,17-19,27H,5-7,9,11-12H2,1-4H3/t14-,17+,18-,19-,22-,23-,24-/m0/s1. The van der Waals surface area contributed by atoms with Gasteiger partial charge in [0, 0.05) is 23.2 Å². The highest BCUT2D eigenvalue weighted by atomic mass is 32.1. The van der Waals surface area contributed by atoms with Crippen LogP contribution in [0, 0.1) is 34.5 Å². The highest BCUT2D eigenvalue weighted by Crippen LogP contribution is 2.69. The van der Waals surface area contributed by atoms with Crippen molar-refractivity contribution in [2.75, 3.05) is 0 Å². The maximum Gasteiger partial charge on any atom is 0.306 e. The Morgan fingerprint density at radius 3 is 2.70 bits per heavy atom. The van der Waals surface area contributed by atoms with E-state index in [-0.39, 0.29) is 34.6 Å². The molecule has 7 atom stereocenters. The molecule has 0 unspecified atom stereocenters. The van der Waals surface area contributed by atoms with Crippen LogP contribution in [0.4, 0.5) is 0 Å². The second-order valence-corrected chi connectivity index (χ2v) is 10.5. The average molecular weight is 433 g/mol. The summed E-state index contributed by atoms with van der Waals surface area (Å²) in [6.45, 7) is 8.26. The van der Waals surface area contributed by atoms with Crippen molar-refractivity contribution in [3.8, 4) is 0 Å². The van der Waals surface area contributed by atoms with Crippen molar-refractivity contribution in [2.45, 2.75) is 71.8 Å². The van der Waals surface area contributed by atoms with Gasteiger partial charge < -0.3 is 9.62 Å². The maximum absolute atomic E-state index is 12.4.